The van der Waals surface area contributed by atoms with Crippen LogP contribution in [0.15, 0.2) is 0 Å². The van der Waals surface area contributed by atoms with Crippen LogP contribution in [-0.4, -0.2) is 43.7 Å². The Bertz CT molecular complexity index is 259. The van der Waals surface area contributed by atoms with Gasteiger partial charge in [0.15, 0.2) is 0 Å². The highest BCUT2D eigenvalue weighted by Gasteiger charge is 2.36. The molecule has 0 aromatic rings. The lowest BCUT2D eigenvalue weighted by molar-refractivity contribution is -0.140. The fraction of sp³-hybridized carbons (Fsp3) is 0.917. The number of nitrogens with zero attached hydrogens (tertiary/aromatic N) is 1. The quantitative estimate of drug-likeness (QED) is 0.835. The monoisotopic (exact) mass is 264 g/mol. The molecule has 0 aliphatic carbocycles. The molecule has 1 amide bonds. The molecule has 5 heteroatoms. The number of amides is 1. The minimum atomic E-state index is -0.0601. The number of piperidine rings is 1. The zero-order chi connectivity index (χ0) is 12.3. The van der Waals surface area contributed by atoms with Crippen molar-refractivity contribution in [2.45, 2.75) is 33.2 Å². The Morgan fingerprint density at radius 3 is 2.65 bits per heavy atom. The van der Waals surface area contributed by atoms with Crippen molar-refractivity contribution < 1.29 is 9.53 Å². The zero-order valence-electron chi connectivity index (χ0n) is 11.2. The van der Waals surface area contributed by atoms with E-state index in [1.807, 2.05) is 11.8 Å². The van der Waals surface area contributed by atoms with Gasteiger partial charge in [0.2, 0.25) is 5.91 Å². The lowest BCUT2D eigenvalue weighted by atomic mass is 9.79. The first-order valence-corrected chi connectivity index (χ1v) is 5.92. The molecular formula is C12H25ClN2O2. The predicted molar refractivity (Wildman–Crippen MR) is 71.2 cm³/mol. The third-order valence-corrected chi connectivity index (χ3v) is 3.46. The molecule has 0 saturated carbocycles. The number of likely N-dealkylation sites (tertiary alicyclic amines) is 1. The maximum Gasteiger partial charge on any atom is 0.227 e. The summed E-state index contributed by atoms with van der Waals surface area (Å²) < 4.78 is 5.02. The molecule has 2 unspecified atom stereocenters. The molecule has 1 heterocycles. The van der Waals surface area contributed by atoms with E-state index in [9.17, 15) is 4.79 Å². The number of hydrogen-bond acceptors (Lipinski definition) is 3. The Labute approximate surface area is 110 Å². The second kappa shape index (κ2) is 6.57. The van der Waals surface area contributed by atoms with E-state index < -0.39 is 0 Å². The number of carbonyl (C=O) groups is 1. The second-order valence-corrected chi connectivity index (χ2v) is 5.50. The SMILES string of the molecule is COCC(C)C(=O)N1CCC(N)C(C)(C)C1.Cl. The Kier molecular flexibility index (Phi) is 6.45. The van der Waals surface area contributed by atoms with Crippen LogP contribution in [0.2, 0.25) is 0 Å². The van der Waals surface area contributed by atoms with Crippen LogP contribution in [0.5, 0.6) is 0 Å². The summed E-state index contributed by atoms with van der Waals surface area (Å²) in [6.45, 7) is 8.17. The zero-order valence-corrected chi connectivity index (χ0v) is 12.0. The summed E-state index contributed by atoms with van der Waals surface area (Å²) in [7, 11) is 1.62. The maximum absolute atomic E-state index is 12.1. The molecule has 1 rings (SSSR count). The molecule has 1 aliphatic heterocycles. The van der Waals surface area contributed by atoms with E-state index in [1.54, 1.807) is 7.11 Å². The maximum atomic E-state index is 12.1. The van der Waals surface area contributed by atoms with E-state index in [2.05, 4.69) is 13.8 Å². The smallest absolute Gasteiger partial charge is 0.227 e. The molecule has 2 atom stereocenters. The highest BCUT2D eigenvalue weighted by Crippen LogP contribution is 2.28. The van der Waals surface area contributed by atoms with Gasteiger partial charge in [-0.05, 0) is 11.8 Å². The minimum Gasteiger partial charge on any atom is -0.384 e. The average molecular weight is 265 g/mol. The van der Waals surface area contributed by atoms with Gasteiger partial charge in [-0.2, -0.15) is 0 Å². The van der Waals surface area contributed by atoms with Crippen LogP contribution in [0.1, 0.15) is 27.2 Å². The molecular weight excluding hydrogens is 240 g/mol. The lowest BCUT2D eigenvalue weighted by Crippen LogP contribution is -2.55. The molecule has 1 aliphatic rings. The Hall–Kier alpha value is -0.320. The van der Waals surface area contributed by atoms with E-state index >= 15 is 0 Å². The molecule has 2 N–H and O–H groups in total. The number of ether oxygens (including phenoxy) is 1. The van der Waals surface area contributed by atoms with Gasteiger partial charge in [-0.1, -0.05) is 20.8 Å². The Morgan fingerprint density at radius 1 is 1.59 bits per heavy atom. The van der Waals surface area contributed by atoms with Crippen molar-refractivity contribution in [1.29, 1.82) is 0 Å². The van der Waals surface area contributed by atoms with E-state index in [-0.39, 0.29) is 35.7 Å². The number of halogens is 1. The van der Waals surface area contributed by atoms with Gasteiger partial charge in [0.1, 0.15) is 0 Å². The highest BCUT2D eigenvalue weighted by molar-refractivity contribution is 5.85. The molecule has 102 valence electrons. The summed E-state index contributed by atoms with van der Waals surface area (Å²) in [5, 5.41) is 0. The molecule has 1 fully saturated rings. The number of carbonyl (C=O) groups excluding carboxylic acids is 1. The number of nitrogens with two attached hydrogens (primary N) is 1. The van der Waals surface area contributed by atoms with Crippen LogP contribution in [0.4, 0.5) is 0 Å². The Morgan fingerprint density at radius 2 is 2.18 bits per heavy atom. The van der Waals surface area contributed by atoms with Crippen molar-refractivity contribution >= 4 is 18.3 Å². The van der Waals surface area contributed by atoms with Gasteiger partial charge in [0.25, 0.3) is 0 Å². The van der Waals surface area contributed by atoms with Gasteiger partial charge < -0.3 is 15.4 Å². The van der Waals surface area contributed by atoms with Crippen molar-refractivity contribution in [3.63, 3.8) is 0 Å². The van der Waals surface area contributed by atoms with Gasteiger partial charge in [0, 0.05) is 26.2 Å². The van der Waals surface area contributed by atoms with Crippen LogP contribution in [0.25, 0.3) is 0 Å². The highest BCUT2D eigenvalue weighted by atomic mass is 35.5. The molecule has 0 bridgehead atoms. The normalized spacial score (nSPS) is 25.0. The fourth-order valence-electron chi connectivity index (χ4n) is 2.19. The second-order valence-electron chi connectivity index (χ2n) is 5.50. The van der Waals surface area contributed by atoms with Crippen LogP contribution in [0, 0.1) is 11.3 Å². The summed E-state index contributed by atoms with van der Waals surface area (Å²) >= 11 is 0. The summed E-state index contributed by atoms with van der Waals surface area (Å²) in [4.78, 5) is 14.0. The topological polar surface area (TPSA) is 55.6 Å². The number of rotatable bonds is 3. The van der Waals surface area contributed by atoms with Crippen LogP contribution in [0.3, 0.4) is 0 Å². The fourth-order valence-corrected chi connectivity index (χ4v) is 2.19. The van der Waals surface area contributed by atoms with Crippen LogP contribution < -0.4 is 5.73 Å². The van der Waals surface area contributed by atoms with E-state index in [0.29, 0.717) is 6.61 Å². The van der Waals surface area contributed by atoms with Crippen LogP contribution in [-0.2, 0) is 9.53 Å². The third-order valence-electron chi connectivity index (χ3n) is 3.46. The van der Waals surface area contributed by atoms with E-state index in [1.165, 1.54) is 0 Å². The van der Waals surface area contributed by atoms with Crippen molar-refractivity contribution in [2.75, 3.05) is 26.8 Å². The Balaban J connectivity index is 0.00000256. The average Bonchev–Trinajstić information content (AvgIpc) is 2.21. The molecule has 17 heavy (non-hydrogen) atoms. The number of methoxy groups -OCH3 is 1. The van der Waals surface area contributed by atoms with Gasteiger partial charge >= 0.3 is 0 Å². The first-order valence-electron chi connectivity index (χ1n) is 5.92. The largest absolute Gasteiger partial charge is 0.384 e. The van der Waals surface area contributed by atoms with Crippen molar-refractivity contribution in [3.8, 4) is 0 Å². The molecule has 0 spiro atoms. The summed E-state index contributed by atoms with van der Waals surface area (Å²) in [6.07, 6.45) is 0.887. The molecule has 0 aromatic carbocycles. The first kappa shape index (κ1) is 16.7. The molecule has 4 nitrogen and oxygen atoms in total. The van der Waals surface area contributed by atoms with Gasteiger partial charge in [-0.15, -0.1) is 12.4 Å². The van der Waals surface area contributed by atoms with Gasteiger partial charge in [-0.25, -0.2) is 0 Å². The minimum absolute atomic E-state index is 0. The van der Waals surface area contributed by atoms with Crippen molar-refractivity contribution in [3.05, 3.63) is 0 Å². The molecule has 1 saturated heterocycles. The molecule has 0 aromatic heterocycles. The predicted octanol–water partition coefficient (Wildman–Crippen LogP) is 1.28. The summed E-state index contributed by atoms with van der Waals surface area (Å²) in [5.41, 5.74) is 6.06. The standard InChI is InChI=1S/C12H24N2O2.ClH/c1-9(7-16-4)11(15)14-6-5-10(13)12(2,3)8-14;/h9-10H,5-8,13H2,1-4H3;1H. The number of hydrogen-bond donors (Lipinski definition) is 1. The summed E-state index contributed by atoms with van der Waals surface area (Å²) in [5.74, 6) is 0.122. The van der Waals surface area contributed by atoms with Gasteiger partial charge in [0.05, 0.1) is 12.5 Å². The lowest BCUT2D eigenvalue weighted by Gasteiger charge is -2.43. The first-order chi connectivity index (χ1) is 7.38. The van der Waals surface area contributed by atoms with Crippen molar-refractivity contribution in [1.82, 2.24) is 4.90 Å². The van der Waals surface area contributed by atoms with Crippen molar-refractivity contribution in [2.24, 2.45) is 17.1 Å². The summed E-state index contributed by atoms with van der Waals surface area (Å²) in [6, 6.07) is 0.189. The van der Waals surface area contributed by atoms with E-state index in [4.69, 9.17) is 10.5 Å². The molecule has 0 radical (unpaired) electrons. The van der Waals surface area contributed by atoms with E-state index in [0.717, 1.165) is 19.5 Å². The van der Waals surface area contributed by atoms with Crippen LogP contribution >= 0.6 is 12.4 Å². The van der Waals surface area contributed by atoms with Gasteiger partial charge in [-0.3, -0.25) is 4.79 Å². The third kappa shape index (κ3) is 4.12.